The number of fused-ring (bicyclic) bond motifs is 1. The lowest BCUT2D eigenvalue weighted by Gasteiger charge is -2.40. The normalized spacial score (nSPS) is 26.1. The van der Waals surface area contributed by atoms with Gasteiger partial charge in [0.15, 0.2) is 0 Å². The average molecular weight is 391 g/mol. The zero-order valence-corrected chi connectivity index (χ0v) is 17.1. The number of carbonyl (C=O) groups is 2. The van der Waals surface area contributed by atoms with Crippen LogP contribution < -0.4 is 10.6 Å². The minimum atomic E-state index is -0.558. The molecule has 3 rings (SSSR count). The molecule has 0 saturated heterocycles. The molecule has 0 aromatic heterocycles. The van der Waals surface area contributed by atoms with Crippen LogP contribution in [0, 0.1) is 17.8 Å². The summed E-state index contributed by atoms with van der Waals surface area (Å²) in [6.07, 6.45) is 8.69. The van der Waals surface area contributed by atoms with Crippen LogP contribution >= 0.6 is 11.6 Å². The summed E-state index contributed by atoms with van der Waals surface area (Å²) in [5.41, 5.74) is 0.403. The van der Waals surface area contributed by atoms with E-state index < -0.39 is 6.04 Å². The predicted octanol–water partition coefficient (Wildman–Crippen LogP) is 4.57. The van der Waals surface area contributed by atoms with Crippen molar-refractivity contribution in [1.82, 2.24) is 10.6 Å². The molecule has 1 aromatic rings. The number of benzene rings is 1. The molecule has 2 aliphatic rings. The monoisotopic (exact) mass is 390 g/mol. The molecule has 1 aromatic carbocycles. The van der Waals surface area contributed by atoms with E-state index in [0.717, 1.165) is 24.7 Å². The van der Waals surface area contributed by atoms with E-state index in [1.807, 2.05) is 13.8 Å². The van der Waals surface area contributed by atoms with Crippen LogP contribution in [0.15, 0.2) is 24.3 Å². The fourth-order valence-electron chi connectivity index (χ4n) is 4.69. The summed E-state index contributed by atoms with van der Waals surface area (Å²) >= 11 is 6.12. The highest BCUT2D eigenvalue weighted by molar-refractivity contribution is 6.33. The largest absolute Gasteiger partial charge is 0.352 e. The molecule has 2 amide bonds. The molecule has 4 atom stereocenters. The second kappa shape index (κ2) is 9.09. The summed E-state index contributed by atoms with van der Waals surface area (Å²) in [5.74, 6) is 1.23. The number of nitrogens with one attached hydrogen (secondary N) is 2. The van der Waals surface area contributed by atoms with Crippen molar-refractivity contribution in [2.45, 2.75) is 70.9 Å². The van der Waals surface area contributed by atoms with Crippen LogP contribution in [0.1, 0.15) is 69.2 Å². The molecule has 0 aliphatic heterocycles. The molecular formula is C22H31ClN2O2. The quantitative estimate of drug-likeness (QED) is 0.773. The van der Waals surface area contributed by atoms with Crippen molar-refractivity contribution < 1.29 is 9.59 Å². The maximum atomic E-state index is 12.9. The molecule has 0 bridgehead atoms. The van der Waals surface area contributed by atoms with Gasteiger partial charge in [-0.2, -0.15) is 0 Å². The van der Waals surface area contributed by atoms with E-state index in [1.54, 1.807) is 24.3 Å². The molecule has 4 nitrogen and oxygen atoms in total. The summed E-state index contributed by atoms with van der Waals surface area (Å²) in [6, 6.07) is 6.59. The van der Waals surface area contributed by atoms with Gasteiger partial charge in [-0.15, -0.1) is 0 Å². The molecule has 148 valence electrons. The van der Waals surface area contributed by atoms with Gasteiger partial charge in [-0.3, -0.25) is 9.59 Å². The Balaban J connectivity index is 1.60. The SMILES string of the molecule is CC(C)[C@H](NC(=O)c1ccccc1Cl)C(=O)N[C@@H]1CC[C@H]2CCCC[C@@H]2C1. The van der Waals surface area contributed by atoms with Crippen LogP contribution in [0.2, 0.25) is 5.02 Å². The Morgan fingerprint density at radius 2 is 1.74 bits per heavy atom. The van der Waals surface area contributed by atoms with Crippen LogP contribution in [0.4, 0.5) is 0 Å². The Kier molecular flexibility index (Phi) is 6.80. The summed E-state index contributed by atoms with van der Waals surface area (Å²) in [5, 5.41) is 6.50. The van der Waals surface area contributed by atoms with Gasteiger partial charge in [-0.1, -0.05) is 63.3 Å². The van der Waals surface area contributed by atoms with Crippen molar-refractivity contribution in [2.75, 3.05) is 0 Å². The van der Waals surface area contributed by atoms with Crippen molar-refractivity contribution in [2.24, 2.45) is 17.8 Å². The lowest BCUT2D eigenvalue weighted by Crippen LogP contribution is -2.53. The summed E-state index contributed by atoms with van der Waals surface area (Å²) < 4.78 is 0. The van der Waals surface area contributed by atoms with Crippen molar-refractivity contribution in [1.29, 1.82) is 0 Å². The standard InChI is InChI=1S/C22H31ClN2O2/c1-14(2)20(25-21(26)18-9-5-6-10-19(18)23)22(27)24-17-12-11-15-7-3-4-8-16(15)13-17/h5-6,9-10,14-17,20H,3-4,7-8,11-13H2,1-2H3,(H,24,27)(H,25,26)/t15-,16-,17-,20+/m1/s1. The van der Waals surface area contributed by atoms with Crippen LogP contribution in [0.3, 0.4) is 0 Å². The Morgan fingerprint density at radius 1 is 1.04 bits per heavy atom. The smallest absolute Gasteiger partial charge is 0.253 e. The number of amides is 2. The Morgan fingerprint density at radius 3 is 2.44 bits per heavy atom. The van der Waals surface area contributed by atoms with Crippen molar-refractivity contribution in [3.8, 4) is 0 Å². The molecule has 2 N–H and O–H groups in total. The highest BCUT2D eigenvalue weighted by atomic mass is 35.5. The third-order valence-electron chi connectivity index (χ3n) is 6.24. The maximum absolute atomic E-state index is 12.9. The molecule has 2 fully saturated rings. The van der Waals surface area contributed by atoms with Crippen molar-refractivity contribution in [3.63, 3.8) is 0 Å². The zero-order valence-electron chi connectivity index (χ0n) is 16.3. The van der Waals surface area contributed by atoms with Crippen LogP contribution in [-0.4, -0.2) is 23.9 Å². The van der Waals surface area contributed by atoms with E-state index in [0.29, 0.717) is 10.6 Å². The molecule has 0 heterocycles. The lowest BCUT2D eigenvalue weighted by atomic mass is 9.69. The Labute approximate surface area is 167 Å². The van der Waals surface area contributed by atoms with Gasteiger partial charge in [0.1, 0.15) is 6.04 Å². The van der Waals surface area contributed by atoms with E-state index >= 15 is 0 Å². The molecule has 0 spiro atoms. The third kappa shape index (κ3) is 5.04. The van der Waals surface area contributed by atoms with Gasteiger partial charge >= 0.3 is 0 Å². The van der Waals surface area contributed by atoms with Crippen molar-refractivity contribution in [3.05, 3.63) is 34.9 Å². The minimum Gasteiger partial charge on any atom is -0.352 e. The van der Waals surface area contributed by atoms with E-state index in [1.165, 1.54) is 32.1 Å². The molecule has 27 heavy (non-hydrogen) atoms. The minimum absolute atomic E-state index is 0.00228. The summed E-state index contributed by atoms with van der Waals surface area (Å²) in [4.78, 5) is 25.5. The van der Waals surface area contributed by atoms with Crippen LogP contribution in [0.5, 0.6) is 0 Å². The second-order valence-electron chi connectivity index (χ2n) is 8.50. The molecule has 0 unspecified atom stereocenters. The number of rotatable bonds is 5. The molecule has 0 radical (unpaired) electrons. The molecule has 5 heteroatoms. The van der Waals surface area contributed by atoms with Gasteiger partial charge in [-0.25, -0.2) is 0 Å². The summed E-state index contributed by atoms with van der Waals surface area (Å²) in [6.45, 7) is 3.91. The van der Waals surface area contributed by atoms with E-state index in [2.05, 4.69) is 10.6 Å². The Hall–Kier alpha value is -1.55. The van der Waals surface area contributed by atoms with Gasteiger partial charge < -0.3 is 10.6 Å². The lowest BCUT2D eigenvalue weighted by molar-refractivity contribution is -0.125. The number of carbonyl (C=O) groups excluding carboxylic acids is 2. The fraction of sp³-hybridized carbons (Fsp3) is 0.636. The number of halogens is 1. The maximum Gasteiger partial charge on any atom is 0.253 e. The van der Waals surface area contributed by atoms with E-state index in [4.69, 9.17) is 11.6 Å². The fourth-order valence-corrected chi connectivity index (χ4v) is 4.92. The Bertz CT molecular complexity index is 676. The number of hydrogen-bond acceptors (Lipinski definition) is 2. The van der Waals surface area contributed by atoms with Gasteiger partial charge in [-0.05, 0) is 49.1 Å². The highest BCUT2D eigenvalue weighted by Gasteiger charge is 2.34. The van der Waals surface area contributed by atoms with Gasteiger partial charge in [0.05, 0.1) is 10.6 Å². The first-order chi connectivity index (χ1) is 13.0. The van der Waals surface area contributed by atoms with E-state index in [-0.39, 0.29) is 23.8 Å². The second-order valence-corrected chi connectivity index (χ2v) is 8.91. The van der Waals surface area contributed by atoms with Gasteiger partial charge in [0, 0.05) is 6.04 Å². The topological polar surface area (TPSA) is 58.2 Å². The highest BCUT2D eigenvalue weighted by Crippen LogP contribution is 2.40. The first-order valence-corrected chi connectivity index (χ1v) is 10.7. The van der Waals surface area contributed by atoms with Gasteiger partial charge in [0.25, 0.3) is 5.91 Å². The summed E-state index contributed by atoms with van der Waals surface area (Å²) in [7, 11) is 0. The van der Waals surface area contributed by atoms with Gasteiger partial charge in [0.2, 0.25) is 5.91 Å². The molecular weight excluding hydrogens is 360 g/mol. The molecule has 2 aliphatic carbocycles. The first-order valence-electron chi connectivity index (χ1n) is 10.3. The number of hydrogen-bond donors (Lipinski definition) is 2. The average Bonchev–Trinajstić information content (AvgIpc) is 2.65. The first kappa shape index (κ1) is 20.2. The molecule has 2 saturated carbocycles. The zero-order chi connectivity index (χ0) is 19.4. The van der Waals surface area contributed by atoms with E-state index in [9.17, 15) is 9.59 Å². The van der Waals surface area contributed by atoms with Crippen LogP contribution in [0.25, 0.3) is 0 Å². The van der Waals surface area contributed by atoms with Crippen molar-refractivity contribution >= 4 is 23.4 Å². The predicted molar refractivity (Wildman–Crippen MR) is 109 cm³/mol. The van der Waals surface area contributed by atoms with Crippen LogP contribution in [-0.2, 0) is 4.79 Å². The third-order valence-corrected chi connectivity index (χ3v) is 6.57.